The number of amides is 1. The van der Waals surface area contributed by atoms with Gasteiger partial charge in [0.05, 0.1) is 21.0 Å². The summed E-state index contributed by atoms with van der Waals surface area (Å²) in [6.45, 7) is 0. The average molecular weight is 379 g/mol. The van der Waals surface area contributed by atoms with E-state index in [1.165, 1.54) is 12.1 Å². The molecule has 1 amide bonds. The molecule has 0 saturated carbocycles. The zero-order valence-corrected chi connectivity index (χ0v) is 14.9. The first-order valence-electron chi connectivity index (χ1n) is 7.53. The third kappa shape index (κ3) is 3.72. The number of carboxylic acid groups (broad SMARTS) is 1. The number of thiazole rings is 1. The van der Waals surface area contributed by atoms with E-state index in [1.54, 1.807) is 18.2 Å². The number of nitrogens with zero attached hydrogens (tertiary/aromatic N) is 1. The number of aliphatic carboxylic acids is 1. The molecule has 1 aliphatic carbocycles. The molecule has 1 heterocycles. The Morgan fingerprint density at radius 1 is 1.24 bits per heavy atom. The number of nitrogens with one attached hydrogen (secondary N) is 1. The van der Waals surface area contributed by atoms with Crippen LogP contribution in [0, 0.1) is 11.8 Å². The first-order valence-corrected chi connectivity index (χ1v) is 10.2. The molecule has 1 aliphatic rings. The van der Waals surface area contributed by atoms with E-state index >= 15 is 0 Å². The van der Waals surface area contributed by atoms with Gasteiger partial charge in [-0.25, -0.2) is 13.4 Å². The molecule has 0 radical (unpaired) electrons. The second-order valence-corrected chi connectivity index (χ2v) is 8.93. The van der Waals surface area contributed by atoms with Gasteiger partial charge in [-0.15, -0.1) is 0 Å². The molecule has 0 bridgehead atoms. The number of hydrogen-bond donors (Lipinski definition) is 1. The van der Waals surface area contributed by atoms with Crippen LogP contribution >= 0.6 is 11.3 Å². The number of fused-ring (bicyclic) bond motifs is 1. The number of hydrogen-bond acceptors (Lipinski definition) is 7. The summed E-state index contributed by atoms with van der Waals surface area (Å²) in [7, 11) is -3.33. The van der Waals surface area contributed by atoms with Gasteiger partial charge in [-0.3, -0.25) is 4.79 Å². The van der Waals surface area contributed by atoms with Crippen LogP contribution in [0.2, 0.25) is 0 Å². The lowest BCUT2D eigenvalue weighted by Gasteiger charge is -2.27. The van der Waals surface area contributed by atoms with E-state index in [-0.39, 0.29) is 11.3 Å². The fraction of sp³-hybridized carbons (Fsp3) is 0.312. The van der Waals surface area contributed by atoms with Crippen molar-refractivity contribution < 1.29 is 23.1 Å². The lowest BCUT2D eigenvalue weighted by Crippen LogP contribution is -2.41. The van der Waals surface area contributed by atoms with Crippen LogP contribution in [0.4, 0.5) is 5.13 Å². The monoisotopic (exact) mass is 379 g/mol. The van der Waals surface area contributed by atoms with Crippen molar-refractivity contribution in [1.82, 2.24) is 4.98 Å². The number of carbonyl (C=O) groups is 2. The Morgan fingerprint density at radius 2 is 1.92 bits per heavy atom. The van der Waals surface area contributed by atoms with Crippen LogP contribution in [-0.4, -0.2) is 31.5 Å². The van der Waals surface area contributed by atoms with Crippen LogP contribution in [0.25, 0.3) is 10.2 Å². The van der Waals surface area contributed by atoms with Gasteiger partial charge in [-0.05, 0) is 31.0 Å². The van der Waals surface area contributed by atoms with E-state index in [1.807, 2.05) is 0 Å². The van der Waals surface area contributed by atoms with Crippen molar-refractivity contribution in [2.45, 2.75) is 17.7 Å². The minimum absolute atomic E-state index is 0.177. The van der Waals surface area contributed by atoms with E-state index in [2.05, 4.69) is 10.3 Å². The second kappa shape index (κ2) is 6.57. The third-order valence-electron chi connectivity index (χ3n) is 4.09. The number of anilines is 1. The van der Waals surface area contributed by atoms with Crippen molar-refractivity contribution in [2.24, 2.45) is 11.8 Å². The smallest absolute Gasteiger partial charge is 0.230 e. The molecule has 2 atom stereocenters. The van der Waals surface area contributed by atoms with Gasteiger partial charge < -0.3 is 15.2 Å². The van der Waals surface area contributed by atoms with Gasteiger partial charge in [0.25, 0.3) is 0 Å². The summed E-state index contributed by atoms with van der Waals surface area (Å²) in [5, 5.41) is 14.1. The lowest BCUT2D eigenvalue weighted by molar-refractivity contribution is -0.313. The Hall–Kier alpha value is -2.26. The molecule has 0 unspecified atom stereocenters. The molecule has 0 fully saturated rings. The molecule has 1 aromatic carbocycles. The lowest BCUT2D eigenvalue weighted by atomic mass is 9.82. The van der Waals surface area contributed by atoms with E-state index in [9.17, 15) is 23.1 Å². The van der Waals surface area contributed by atoms with Crippen molar-refractivity contribution in [2.75, 3.05) is 11.6 Å². The number of aromatic nitrogens is 1. The molecular weight excluding hydrogens is 364 g/mol. The fourth-order valence-electron chi connectivity index (χ4n) is 2.75. The van der Waals surface area contributed by atoms with Gasteiger partial charge in [0.15, 0.2) is 15.0 Å². The first kappa shape index (κ1) is 17.6. The van der Waals surface area contributed by atoms with Crippen LogP contribution in [0.1, 0.15) is 12.8 Å². The van der Waals surface area contributed by atoms with Crippen molar-refractivity contribution in [1.29, 1.82) is 0 Å². The maximum Gasteiger partial charge on any atom is 0.230 e. The summed E-state index contributed by atoms with van der Waals surface area (Å²) < 4.78 is 23.9. The van der Waals surface area contributed by atoms with Crippen LogP contribution in [0.5, 0.6) is 0 Å². The Kier molecular flexibility index (Phi) is 4.61. The molecule has 0 saturated heterocycles. The standard InChI is InChI=1S/C16H16N2O5S2/c1-25(22,23)9-6-7-12-13(8-9)24-16(17-12)18-14(19)10-4-2-3-5-11(10)15(20)21/h2-3,6-8,10-11H,4-5H2,1H3,(H,20,21)(H,17,18,19)/p-1/t10-,11+/m0/s1. The Morgan fingerprint density at radius 3 is 2.56 bits per heavy atom. The van der Waals surface area contributed by atoms with Crippen LogP contribution in [-0.2, 0) is 19.4 Å². The summed E-state index contributed by atoms with van der Waals surface area (Å²) in [6, 6.07) is 4.54. The SMILES string of the molecule is CS(=O)(=O)c1ccc2nc(NC(=O)[C@H]3CC=CC[C@H]3C(=O)[O-])sc2c1. The van der Waals surface area contributed by atoms with Crippen LogP contribution in [0.3, 0.4) is 0 Å². The molecule has 7 nitrogen and oxygen atoms in total. The summed E-state index contributed by atoms with van der Waals surface area (Å²) >= 11 is 1.14. The van der Waals surface area contributed by atoms with Gasteiger partial charge in [-0.1, -0.05) is 23.5 Å². The van der Waals surface area contributed by atoms with E-state index in [0.29, 0.717) is 21.8 Å². The summed E-state index contributed by atoms with van der Waals surface area (Å²) in [6.07, 6.45) is 5.22. The molecular formula is C16H15N2O5S2-. The van der Waals surface area contributed by atoms with Crippen molar-refractivity contribution in [3.63, 3.8) is 0 Å². The van der Waals surface area contributed by atoms with Gasteiger partial charge in [-0.2, -0.15) is 0 Å². The maximum absolute atomic E-state index is 12.4. The van der Waals surface area contributed by atoms with Crippen molar-refractivity contribution in [3.05, 3.63) is 30.4 Å². The van der Waals surface area contributed by atoms with E-state index in [4.69, 9.17) is 0 Å². The van der Waals surface area contributed by atoms with Crippen molar-refractivity contribution >= 4 is 48.4 Å². The third-order valence-corrected chi connectivity index (χ3v) is 6.13. The summed E-state index contributed by atoms with van der Waals surface area (Å²) in [5.41, 5.74) is 0.563. The largest absolute Gasteiger partial charge is 0.550 e. The Bertz CT molecular complexity index is 978. The number of sulfone groups is 1. The van der Waals surface area contributed by atoms with E-state index in [0.717, 1.165) is 17.6 Å². The highest BCUT2D eigenvalue weighted by molar-refractivity contribution is 7.90. The zero-order chi connectivity index (χ0) is 18.2. The molecule has 1 N–H and O–H groups in total. The van der Waals surface area contributed by atoms with Gasteiger partial charge in [0.1, 0.15) is 0 Å². The number of benzene rings is 1. The predicted molar refractivity (Wildman–Crippen MR) is 91.7 cm³/mol. The molecule has 1 aromatic heterocycles. The minimum atomic E-state index is -3.33. The highest BCUT2D eigenvalue weighted by Gasteiger charge is 2.30. The van der Waals surface area contributed by atoms with E-state index < -0.39 is 33.5 Å². The van der Waals surface area contributed by atoms with Crippen molar-refractivity contribution in [3.8, 4) is 0 Å². The normalized spacial score (nSPS) is 20.5. The molecule has 132 valence electrons. The van der Waals surface area contributed by atoms with Crippen LogP contribution < -0.4 is 10.4 Å². The predicted octanol–water partition coefficient (Wildman–Crippen LogP) is 0.971. The molecule has 9 heteroatoms. The molecule has 2 aromatic rings. The molecule has 3 rings (SSSR count). The minimum Gasteiger partial charge on any atom is -0.550 e. The molecule has 0 spiro atoms. The van der Waals surface area contributed by atoms with Gasteiger partial charge in [0.2, 0.25) is 5.91 Å². The highest BCUT2D eigenvalue weighted by Crippen LogP contribution is 2.30. The van der Waals surface area contributed by atoms with Crippen LogP contribution in [0.15, 0.2) is 35.2 Å². The highest BCUT2D eigenvalue weighted by atomic mass is 32.2. The first-order chi connectivity index (χ1) is 11.8. The number of carbonyl (C=O) groups excluding carboxylic acids is 2. The number of allylic oxidation sites excluding steroid dienone is 2. The van der Waals surface area contributed by atoms with Gasteiger partial charge >= 0.3 is 0 Å². The fourth-order valence-corrected chi connectivity index (χ4v) is 4.38. The summed E-state index contributed by atoms with van der Waals surface area (Å²) in [4.78, 5) is 28.0. The van der Waals surface area contributed by atoms with Gasteiger partial charge in [0, 0.05) is 18.1 Å². The summed E-state index contributed by atoms with van der Waals surface area (Å²) in [5.74, 6) is -3.25. The zero-order valence-electron chi connectivity index (χ0n) is 13.3. The topological polar surface area (TPSA) is 116 Å². The second-order valence-electron chi connectivity index (χ2n) is 5.88. The average Bonchev–Trinajstić information content (AvgIpc) is 2.95. The number of carboxylic acids is 1. The quantitative estimate of drug-likeness (QED) is 0.791. The molecule has 25 heavy (non-hydrogen) atoms. The Labute approximate surface area is 148 Å². The maximum atomic E-state index is 12.4. The number of rotatable bonds is 4. The molecule has 0 aliphatic heterocycles. The Balaban J connectivity index is 1.84.